The lowest BCUT2D eigenvalue weighted by atomic mass is 9.72. The summed E-state index contributed by atoms with van der Waals surface area (Å²) in [6, 6.07) is 4.31. The summed E-state index contributed by atoms with van der Waals surface area (Å²) in [7, 11) is 1.33. The largest absolute Gasteiger partial charge is 0.484 e. The zero-order valence-corrected chi connectivity index (χ0v) is 19.8. The Morgan fingerprint density at radius 3 is 2.62 bits per heavy atom. The van der Waals surface area contributed by atoms with Crippen molar-refractivity contribution in [3.63, 3.8) is 0 Å². The van der Waals surface area contributed by atoms with E-state index in [1.54, 1.807) is 6.92 Å². The first kappa shape index (κ1) is 23.7. The summed E-state index contributed by atoms with van der Waals surface area (Å²) in [5, 5.41) is 14.2. The number of nitro benzene ring substituents is 1. The Balaban J connectivity index is 1.74. The minimum absolute atomic E-state index is 0.0118. The molecule has 1 N–H and O–H groups in total. The normalized spacial score (nSPS) is 15.6. The average molecular weight is 461 g/mol. The Labute approximate surface area is 191 Å². The van der Waals surface area contributed by atoms with Gasteiger partial charge in [-0.05, 0) is 55.2 Å². The van der Waals surface area contributed by atoms with Crippen molar-refractivity contribution in [1.82, 2.24) is 0 Å². The third kappa shape index (κ3) is 5.09. The van der Waals surface area contributed by atoms with E-state index in [1.807, 2.05) is 0 Å². The number of anilines is 1. The van der Waals surface area contributed by atoms with Gasteiger partial charge in [0, 0.05) is 16.5 Å². The van der Waals surface area contributed by atoms with E-state index in [-0.39, 0.29) is 17.7 Å². The van der Waals surface area contributed by atoms with Crippen LogP contribution in [0, 0.1) is 28.4 Å². The second-order valence-electron chi connectivity index (χ2n) is 9.05. The summed E-state index contributed by atoms with van der Waals surface area (Å²) in [4.78, 5) is 36.6. The summed E-state index contributed by atoms with van der Waals surface area (Å²) < 4.78 is 10.5. The van der Waals surface area contributed by atoms with Gasteiger partial charge in [0.2, 0.25) is 0 Å². The first-order valence-electron chi connectivity index (χ1n) is 10.4. The third-order valence-corrected chi connectivity index (χ3v) is 7.04. The second kappa shape index (κ2) is 9.28. The van der Waals surface area contributed by atoms with E-state index in [1.165, 1.54) is 36.6 Å². The summed E-state index contributed by atoms with van der Waals surface area (Å²) in [5.74, 6) is -0.0256. The number of fused-ring (bicyclic) bond motifs is 1. The molecular formula is C23H28N2O6S. The topological polar surface area (TPSA) is 108 Å². The fourth-order valence-corrected chi connectivity index (χ4v) is 5.30. The molecule has 2 aromatic rings. The van der Waals surface area contributed by atoms with Crippen LogP contribution in [0.25, 0.3) is 0 Å². The van der Waals surface area contributed by atoms with Gasteiger partial charge in [0.15, 0.2) is 6.61 Å². The van der Waals surface area contributed by atoms with Crippen LogP contribution in [0.1, 0.15) is 53.6 Å². The number of amides is 1. The smallest absolute Gasteiger partial charge is 0.341 e. The molecule has 32 heavy (non-hydrogen) atoms. The van der Waals surface area contributed by atoms with Gasteiger partial charge in [-0.1, -0.05) is 20.8 Å². The van der Waals surface area contributed by atoms with Gasteiger partial charge in [0.25, 0.3) is 11.6 Å². The van der Waals surface area contributed by atoms with E-state index in [9.17, 15) is 19.7 Å². The molecule has 172 valence electrons. The molecule has 0 saturated heterocycles. The summed E-state index contributed by atoms with van der Waals surface area (Å²) in [5.41, 5.74) is 1.99. The molecule has 1 atom stereocenters. The highest BCUT2D eigenvalue weighted by Gasteiger charge is 2.34. The predicted octanol–water partition coefficient (Wildman–Crippen LogP) is 4.92. The van der Waals surface area contributed by atoms with E-state index in [2.05, 4.69) is 26.1 Å². The highest BCUT2D eigenvalue weighted by atomic mass is 32.1. The number of hydrogen-bond acceptors (Lipinski definition) is 7. The predicted molar refractivity (Wildman–Crippen MR) is 123 cm³/mol. The molecule has 1 aromatic carbocycles. The molecule has 1 heterocycles. The molecule has 8 nitrogen and oxygen atoms in total. The molecule has 0 spiro atoms. The number of carbonyl (C=O) groups excluding carboxylic acids is 2. The van der Waals surface area contributed by atoms with Crippen molar-refractivity contribution in [3.05, 3.63) is 49.9 Å². The zero-order chi connectivity index (χ0) is 23.6. The van der Waals surface area contributed by atoms with Gasteiger partial charge in [0.05, 0.1) is 17.6 Å². The lowest BCUT2D eigenvalue weighted by molar-refractivity contribution is -0.385. The molecule has 0 fully saturated rings. The number of aryl methyl sites for hydroxylation is 1. The van der Waals surface area contributed by atoms with Crippen molar-refractivity contribution in [2.75, 3.05) is 19.0 Å². The Morgan fingerprint density at radius 1 is 1.31 bits per heavy atom. The van der Waals surface area contributed by atoms with Crippen LogP contribution in [-0.2, 0) is 22.4 Å². The van der Waals surface area contributed by atoms with Gasteiger partial charge in [-0.3, -0.25) is 14.9 Å². The number of thiophene rings is 1. The Bertz CT molecular complexity index is 1050. The minimum atomic E-state index is -0.469. The molecule has 0 saturated carbocycles. The monoisotopic (exact) mass is 460 g/mol. The highest BCUT2D eigenvalue weighted by molar-refractivity contribution is 7.17. The fraction of sp³-hybridized carbons (Fsp3) is 0.478. The molecular weight excluding hydrogens is 432 g/mol. The molecule has 9 heteroatoms. The van der Waals surface area contributed by atoms with E-state index in [4.69, 9.17) is 9.47 Å². The van der Waals surface area contributed by atoms with Gasteiger partial charge in [-0.25, -0.2) is 4.79 Å². The van der Waals surface area contributed by atoms with Crippen LogP contribution in [0.3, 0.4) is 0 Å². The van der Waals surface area contributed by atoms with Crippen molar-refractivity contribution in [2.45, 2.75) is 47.0 Å². The van der Waals surface area contributed by atoms with Crippen LogP contribution in [0.2, 0.25) is 0 Å². The molecule has 3 rings (SSSR count). The van der Waals surface area contributed by atoms with Crippen LogP contribution in [0.5, 0.6) is 5.75 Å². The Hall–Kier alpha value is -2.94. The second-order valence-corrected chi connectivity index (χ2v) is 10.2. The van der Waals surface area contributed by atoms with Crippen LogP contribution < -0.4 is 10.1 Å². The van der Waals surface area contributed by atoms with E-state index >= 15 is 0 Å². The standard InChI is InChI=1S/C23H28N2O6S/c1-13-10-15(7-9-17(13)25(28)29)31-12-19(26)24-21-20(22(27)30-5)16-8-6-14(23(2,3)4)11-18(16)32-21/h7,9-10,14H,6,8,11-12H2,1-5H3,(H,24,26). The molecule has 1 aliphatic carbocycles. The van der Waals surface area contributed by atoms with Gasteiger partial charge in [-0.15, -0.1) is 11.3 Å². The first-order chi connectivity index (χ1) is 15.0. The molecule has 0 aliphatic heterocycles. The summed E-state index contributed by atoms with van der Waals surface area (Å²) in [6.07, 6.45) is 2.61. The van der Waals surface area contributed by atoms with E-state index in [0.29, 0.717) is 27.8 Å². The molecule has 0 radical (unpaired) electrons. The van der Waals surface area contributed by atoms with Crippen molar-refractivity contribution in [2.24, 2.45) is 11.3 Å². The van der Waals surface area contributed by atoms with Crippen molar-refractivity contribution < 1.29 is 24.0 Å². The number of nitro groups is 1. The van der Waals surface area contributed by atoms with Crippen LogP contribution in [0.15, 0.2) is 18.2 Å². The lowest BCUT2D eigenvalue weighted by Crippen LogP contribution is -2.26. The minimum Gasteiger partial charge on any atom is -0.484 e. The van der Waals surface area contributed by atoms with Crippen molar-refractivity contribution in [3.8, 4) is 5.75 Å². The van der Waals surface area contributed by atoms with Gasteiger partial charge >= 0.3 is 5.97 Å². The molecule has 1 amide bonds. The van der Waals surface area contributed by atoms with Crippen molar-refractivity contribution >= 4 is 33.9 Å². The number of methoxy groups -OCH3 is 1. The van der Waals surface area contributed by atoms with E-state index in [0.717, 1.165) is 29.7 Å². The van der Waals surface area contributed by atoms with Crippen molar-refractivity contribution in [1.29, 1.82) is 0 Å². The maximum absolute atomic E-state index is 12.6. The maximum Gasteiger partial charge on any atom is 0.341 e. The quantitative estimate of drug-likeness (QED) is 0.372. The van der Waals surface area contributed by atoms with Gasteiger partial charge in [-0.2, -0.15) is 0 Å². The SMILES string of the molecule is COC(=O)c1c(NC(=O)COc2ccc([N+](=O)[O-])c(C)c2)sc2c1CCC(C(C)(C)C)C2. The Kier molecular flexibility index (Phi) is 6.88. The van der Waals surface area contributed by atoms with Crippen LogP contribution >= 0.6 is 11.3 Å². The number of hydrogen-bond donors (Lipinski definition) is 1. The fourth-order valence-electron chi connectivity index (χ4n) is 3.97. The lowest BCUT2D eigenvalue weighted by Gasteiger charge is -2.33. The molecule has 1 aliphatic rings. The molecule has 1 aromatic heterocycles. The molecule has 1 unspecified atom stereocenters. The number of esters is 1. The number of nitrogens with zero attached hydrogens (tertiary/aromatic N) is 1. The first-order valence-corrected chi connectivity index (χ1v) is 11.2. The number of nitrogens with one attached hydrogen (secondary N) is 1. The van der Waals surface area contributed by atoms with Gasteiger partial charge < -0.3 is 14.8 Å². The summed E-state index contributed by atoms with van der Waals surface area (Å²) >= 11 is 1.42. The number of rotatable bonds is 6. The maximum atomic E-state index is 12.6. The average Bonchev–Trinajstić information content (AvgIpc) is 3.07. The van der Waals surface area contributed by atoms with Gasteiger partial charge in [0.1, 0.15) is 10.8 Å². The summed E-state index contributed by atoms with van der Waals surface area (Å²) in [6.45, 7) is 7.98. The van der Waals surface area contributed by atoms with Crippen LogP contribution in [-0.4, -0.2) is 30.5 Å². The number of benzene rings is 1. The van der Waals surface area contributed by atoms with E-state index < -0.39 is 16.8 Å². The third-order valence-electron chi connectivity index (χ3n) is 5.87. The number of carbonyl (C=O) groups is 2. The Morgan fingerprint density at radius 2 is 2.03 bits per heavy atom. The molecule has 0 bridgehead atoms. The zero-order valence-electron chi connectivity index (χ0n) is 18.9. The van der Waals surface area contributed by atoms with Crippen LogP contribution in [0.4, 0.5) is 10.7 Å². The number of ether oxygens (including phenoxy) is 2. The highest BCUT2D eigenvalue weighted by Crippen LogP contribution is 2.44.